The van der Waals surface area contributed by atoms with E-state index in [1.165, 1.54) is 0 Å². The number of hydrogen-bond acceptors (Lipinski definition) is 4. The van der Waals surface area contributed by atoms with Gasteiger partial charge in [-0.05, 0) is 63.6 Å². The molecule has 146 valence electrons. The third-order valence-corrected chi connectivity index (χ3v) is 6.69. The minimum Gasteiger partial charge on any atom is -0.369 e. The lowest BCUT2D eigenvalue weighted by atomic mass is 10.2. The largest absolute Gasteiger partial charge is 0.369 e. The van der Waals surface area contributed by atoms with Gasteiger partial charge >= 0.3 is 0 Å². The lowest BCUT2D eigenvalue weighted by molar-refractivity contribution is 0.209. The Morgan fingerprint density at radius 1 is 0.926 bits per heavy atom. The standard InChI is InChI=1S/C21H29N3O2S/c1-16(2)23-11-13-24(14-12-23)20-8-6-19(7-9-20)22-27(25,26)21-10-5-17(3)15-18(21)4/h5-10,15-16,22H,11-14H2,1-4H3. The molecule has 0 saturated carbocycles. The molecule has 0 amide bonds. The second kappa shape index (κ2) is 7.90. The van der Waals surface area contributed by atoms with Crippen LogP contribution in [-0.2, 0) is 10.0 Å². The second-order valence-electron chi connectivity index (χ2n) is 7.54. The molecule has 6 heteroatoms. The van der Waals surface area contributed by atoms with Crippen LogP contribution in [0.1, 0.15) is 25.0 Å². The highest BCUT2D eigenvalue weighted by Crippen LogP contribution is 2.23. The van der Waals surface area contributed by atoms with Crippen LogP contribution in [0.3, 0.4) is 0 Å². The van der Waals surface area contributed by atoms with Crippen molar-refractivity contribution in [1.82, 2.24) is 4.90 Å². The number of nitrogens with one attached hydrogen (secondary N) is 1. The van der Waals surface area contributed by atoms with Gasteiger partial charge in [0.25, 0.3) is 10.0 Å². The van der Waals surface area contributed by atoms with Crippen LogP contribution in [0.25, 0.3) is 0 Å². The van der Waals surface area contributed by atoms with E-state index in [4.69, 9.17) is 0 Å². The van der Waals surface area contributed by atoms with Crippen molar-refractivity contribution in [2.24, 2.45) is 0 Å². The van der Waals surface area contributed by atoms with Crippen molar-refractivity contribution >= 4 is 21.4 Å². The fourth-order valence-corrected chi connectivity index (χ4v) is 4.83. The van der Waals surface area contributed by atoms with Crippen LogP contribution in [0.15, 0.2) is 47.4 Å². The first kappa shape index (κ1) is 19.7. The lowest BCUT2D eigenvalue weighted by Crippen LogP contribution is -2.48. The van der Waals surface area contributed by atoms with E-state index in [1.54, 1.807) is 6.07 Å². The molecular weight excluding hydrogens is 358 g/mol. The van der Waals surface area contributed by atoms with Crippen LogP contribution in [-0.4, -0.2) is 45.5 Å². The summed E-state index contributed by atoms with van der Waals surface area (Å²) in [5, 5.41) is 0. The number of aryl methyl sites for hydroxylation is 2. The van der Waals surface area contributed by atoms with E-state index in [1.807, 2.05) is 50.2 Å². The first-order valence-electron chi connectivity index (χ1n) is 9.45. The molecule has 0 aromatic heterocycles. The molecule has 0 spiro atoms. The number of nitrogens with zero attached hydrogens (tertiary/aromatic N) is 2. The molecule has 1 N–H and O–H groups in total. The van der Waals surface area contributed by atoms with Crippen LogP contribution >= 0.6 is 0 Å². The van der Waals surface area contributed by atoms with Gasteiger partial charge in [0, 0.05) is 43.6 Å². The quantitative estimate of drug-likeness (QED) is 0.851. The Bertz CT molecular complexity index is 884. The van der Waals surface area contributed by atoms with Crippen molar-refractivity contribution in [3.8, 4) is 0 Å². The van der Waals surface area contributed by atoms with Crippen molar-refractivity contribution < 1.29 is 8.42 Å². The Hall–Kier alpha value is -2.05. The Balaban J connectivity index is 1.69. The Morgan fingerprint density at radius 3 is 2.11 bits per heavy atom. The number of hydrogen-bond donors (Lipinski definition) is 1. The molecule has 1 aliphatic rings. The van der Waals surface area contributed by atoms with E-state index in [0.717, 1.165) is 43.0 Å². The topological polar surface area (TPSA) is 52.7 Å². The Kier molecular flexibility index (Phi) is 5.77. The molecule has 27 heavy (non-hydrogen) atoms. The van der Waals surface area contributed by atoms with E-state index in [9.17, 15) is 8.42 Å². The Labute approximate surface area is 163 Å². The van der Waals surface area contributed by atoms with E-state index in [2.05, 4.69) is 28.4 Å². The maximum Gasteiger partial charge on any atom is 0.262 e. The van der Waals surface area contributed by atoms with E-state index in [0.29, 0.717) is 16.6 Å². The average Bonchev–Trinajstić information content (AvgIpc) is 2.62. The molecule has 0 radical (unpaired) electrons. The molecule has 1 fully saturated rings. The summed E-state index contributed by atoms with van der Waals surface area (Å²) in [6.45, 7) is 12.3. The number of benzene rings is 2. The summed E-state index contributed by atoms with van der Waals surface area (Å²) in [4.78, 5) is 5.14. The second-order valence-corrected chi connectivity index (χ2v) is 9.19. The van der Waals surface area contributed by atoms with Crippen LogP contribution in [0.2, 0.25) is 0 Å². The number of anilines is 2. The molecule has 0 aliphatic carbocycles. The fourth-order valence-electron chi connectivity index (χ4n) is 3.55. The van der Waals surface area contributed by atoms with Gasteiger partial charge in [0.15, 0.2) is 0 Å². The molecule has 2 aromatic carbocycles. The highest BCUT2D eigenvalue weighted by molar-refractivity contribution is 7.92. The summed E-state index contributed by atoms with van der Waals surface area (Å²) >= 11 is 0. The molecule has 0 atom stereocenters. The minimum atomic E-state index is -3.59. The summed E-state index contributed by atoms with van der Waals surface area (Å²) in [5.74, 6) is 0. The SMILES string of the molecule is Cc1ccc(S(=O)(=O)Nc2ccc(N3CCN(C(C)C)CC3)cc2)c(C)c1. The van der Waals surface area contributed by atoms with Crippen molar-refractivity contribution in [2.75, 3.05) is 35.8 Å². The average molecular weight is 388 g/mol. The first-order chi connectivity index (χ1) is 12.8. The Morgan fingerprint density at radius 2 is 1.56 bits per heavy atom. The van der Waals surface area contributed by atoms with Crippen molar-refractivity contribution in [2.45, 2.75) is 38.6 Å². The maximum absolute atomic E-state index is 12.7. The van der Waals surface area contributed by atoms with Crippen molar-refractivity contribution in [1.29, 1.82) is 0 Å². The van der Waals surface area contributed by atoms with Crippen molar-refractivity contribution in [3.05, 3.63) is 53.6 Å². The normalized spacial score (nSPS) is 16.0. The van der Waals surface area contributed by atoms with E-state index >= 15 is 0 Å². The monoisotopic (exact) mass is 387 g/mol. The number of sulfonamides is 1. The van der Waals surface area contributed by atoms with Gasteiger partial charge in [-0.2, -0.15) is 0 Å². The van der Waals surface area contributed by atoms with Gasteiger partial charge in [0.05, 0.1) is 4.90 Å². The number of rotatable bonds is 5. The van der Waals surface area contributed by atoms with E-state index in [-0.39, 0.29) is 0 Å². The smallest absolute Gasteiger partial charge is 0.262 e. The minimum absolute atomic E-state index is 0.321. The summed E-state index contributed by atoms with van der Waals surface area (Å²) in [6.07, 6.45) is 0. The lowest BCUT2D eigenvalue weighted by Gasteiger charge is -2.38. The summed E-state index contributed by atoms with van der Waals surface area (Å²) in [7, 11) is -3.59. The molecule has 2 aromatic rings. The van der Waals surface area contributed by atoms with Crippen LogP contribution in [0.4, 0.5) is 11.4 Å². The summed E-state index contributed by atoms with van der Waals surface area (Å²) < 4.78 is 28.1. The van der Waals surface area contributed by atoms with Gasteiger partial charge in [-0.25, -0.2) is 8.42 Å². The van der Waals surface area contributed by atoms with Crippen molar-refractivity contribution in [3.63, 3.8) is 0 Å². The molecule has 3 rings (SSSR count). The zero-order chi connectivity index (χ0) is 19.6. The van der Waals surface area contributed by atoms with Crippen LogP contribution < -0.4 is 9.62 Å². The van der Waals surface area contributed by atoms with Gasteiger partial charge in [0.1, 0.15) is 0 Å². The fraction of sp³-hybridized carbons (Fsp3) is 0.429. The molecule has 0 unspecified atom stereocenters. The molecule has 5 nitrogen and oxygen atoms in total. The molecular formula is C21H29N3O2S. The molecule has 1 heterocycles. The predicted molar refractivity (Wildman–Crippen MR) is 112 cm³/mol. The van der Waals surface area contributed by atoms with Gasteiger partial charge in [-0.3, -0.25) is 9.62 Å². The highest BCUT2D eigenvalue weighted by atomic mass is 32.2. The molecule has 1 aliphatic heterocycles. The zero-order valence-electron chi connectivity index (χ0n) is 16.6. The zero-order valence-corrected chi connectivity index (χ0v) is 17.4. The summed E-state index contributed by atoms with van der Waals surface area (Å²) in [5.41, 5.74) is 3.52. The molecule has 0 bridgehead atoms. The maximum atomic E-state index is 12.7. The predicted octanol–water partition coefficient (Wildman–Crippen LogP) is 3.63. The third-order valence-electron chi connectivity index (χ3n) is 5.15. The van der Waals surface area contributed by atoms with Gasteiger partial charge in [0.2, 0.25) is 0 Å². The summed E-state index contributed by atoms with van der Waals surface area (Å²) in [6, 6.07) is 13.6. The first-order valence-corrected chi connectivity index (χ1v) is 10.9. The van der Waals surface area contributed by atoms with Crippen LogP contribution in [0.5, 0.6) is 0 Å². The molecule has 1 saturated heterocycles. The van der Waals surface area contributed by atoms with Gasteiger partial charge in [-0.1, -0.05) is 17.7 Å². The third kappa shape index (κ3) is 4.62. The van der Waals surface area contributed by atoms with E-state index < -0.39 is 10.0 Å². The highest BCUT2D eigenvalue weighted by Gasteiger charge is 2.20. The number of piperazine rings is 1. The van der Waals surface area contributed by atoms with Gasteiger partial charge in [-0.15, -0.1) is 0 Å². The van der Waals surface area contributed by atoms with Crippen LogP contribution in [0, 0.1) is 13.8 Å². The van der Waals surface area contributed by atoms with Gasteiger partial charge < -0.3 is 4.90 Å².